The molecule has 4 nitrogen and oxygen atoms in total. The zero-order valence-corrected chi connectivity index (χ0v) is 11.7. The molecule has 1 atom stereocenters. The fourth-order valence-corrected chi connectivity index (χ4v) is 1.56. The van der Waals surface area contributed by atoms with Crippen molar-refractivity contribution in [2.24, 2.45) is 11.1 Å². The number of carbonyl (C=O) groups is 1. The quantitative estimate of drug-likeness (QED) is 0.878. The molecule has 0 spiro atoms. The average Bonchev–Trinajstić information content (AvgIpc) is 2.34. The van der Waals surface area contributed by atoms with Gasteiger partial charge in [0.25, 0.3) is 0 Å². The Kier molecular flexibility index (Phi) is 4.84. The molecule has 1 aromatic rings. The maximum Gasteiger partial charge on any atom is 0.239 e. The van der Waals surface area contributed by atoms with Crippen molar-refractivity contribution in [2.45, 2.75) is 33.2 Å². The highest BCUT2D eigenvalue weighted by Crippen LogP contribution is 2.18. The van der Waals surface area contributed by atoms with Gasteiger partial charge in [0.05, 0.1) is 6.04 Å². The van der Waals surface area contributed by atoms with E-state index in [4.69, 9.17) is 5.73 Å². The summed E-state index contributed by atoms with van der Waals surface area (Å²) in [4.78, 5) is 17.8. The summed E-state index contributed by atoms with van der Waals surface area (Å²) in [5.74, 6) is -0.00319. The lowest BCUT2D eigenvalue weighted by molar-refractivity contribution is -0.133. The molecule has 1 aromatic heterocycles. The van der Waals surface area contributed by atoms with Crippen LogP contribution in [0.5, 0.6) is 0 Å². The van der Waals surface area contributed by atoms with Gasteiger partial charge in [0.2, 0.25) is 5.91 Å². The highest BCUT2D eigenvalue weighted by Gasteiger charge is 2.29. The average molecular weight is 249 g/mol. The molecule has 0 fully saturated rings. The predicted molar refractivity (Wildman–Crippen MR) is 73.0 cm³/mol. The topological polar surface area (TPSA) is 59.2 Å². The molecule has 0 aliphatic rings. The van der Waals surface area contributed by atoms with Gasteiger partial charge in [-0.05, 0) is 29.5 Å². The SMILES string of the molecule is CN(CCc1ccncc1)C(=O)C(N)C(C)(C)C. The molecule has 1 unspecified atom stereocenters. The second-order valence-electron chi connectivity index (χ2n) is 5.71. The van der Waals surface area contributed by atoms with Gasteiger partial charge in [-0.2, -0.15) is 0 Å². The Bertz CT molecular complexity index is 384. The lowest BCUT2D eigenvalue weighted by Crippen LogP contribution is -2.49. The van der Waals surface area contributed by atoms with Crippen LogP contribution in [0, 0.1) is 5.41 Å². The molecule has 100 valence electrons. The molecule has 0 bridgehead atoms. The smallest absolute Gasteiger partial charge is 0.239 e. The largest absolute Gasteiger partial charge is 0.344 e. The maximum atomic E-state index is 12.1. The molecule has 0 saturated carbocycles. The van der Waals surface area contributed by atoms with Crippen LogP contribution < -0.4 is 5.73 Å². The number of nitrogens with two attached hydrogens (primary N) is 1. The summed E-state index contributed by atoms with van der Waals surface area (Å²) in [5, 5.41) is 0. The third kappa shape index (κ3) is 4.11. The van der Waals surface area contributed by atoms with Crippen molar-refractivity contribution in [3.05, 3.63) is 30.1 Å². The Morgan fingerprint density at radius 3 is 2.44 bits per heavy atom. The number of likely N-dealkylation sites (N-methyl/N-ethyl adjacent to an activating group) is 1. The van der Waals surface area contributed by atoms with E-state index in [1.54, 1.807) is 24.3 Å². The van der Waals surface area contributed by atoms with E-state index in [0.29, 0.717) is 6.54 Å². The summed E-state index contributed by atoms with van der Waals surface area (Å²) >= 11 is 0. The van der Waals surface area contributed by atoms with Gasteiger partial charge >= 0.3 is 0 Å². The Morgan fingerprint density at radius 2 is 1.94 bits per heavy atom. The van der Waals surface area contributed by atoms with Gasteiger partial charge in [-0.25, -0.2) is 0 Å². The number of nitrogens with zero attached hydrogens (tertiary/aromatic N) is 2. The summed E-state index contributed by atoms with van der Waals surface area (Å²) in [6, 6.07) is 3.46. The number of pyridine rings is 1. The molecule has 0 aliphatic carbocycles. The molecule has 2 N–H and O–H groups in total. The monoisotopic (exact) mass is 249 g/mol. The van der Waals surface area contributed by atoms with Gasteiger partial charge in [0.15, 0.2) is 0 Å². The second kappa shape index (κ2) is 5.96. The first-order valence-corrected chi connectivity index (χ1v) is 6.22. The maximum absolute atomic E-state index is 12.1. The lowest BCUT2D eigenvalue weighted by atomic mass is 9.86. The van der Waals surface area contributed by atoms with E-state index in [0.717, 1.165) is 6.42 Å². The van der Waals surface area contributed by atoms with E-state index in [1.165, 1.54) is 5.56 Å². The van der Waals surface area contributed by atoms with Crippen LogP contribution in [0.4, 0.5) is 0 Å². The molecule has 0 radical (unpaired) electrons. The molecule has 1 heterocycles. The molecule has 0 saturated heterocycles. The third-order valence-electron chi connectivity index (χ3n) is 3.06. The number of aromatic nitrogens is 1. The van der Waals surface area contributed by atoms with Crippen LogP contribution in [0.1, 0.15) is 26.3 Å². The summed E-state index contributed by atoms with van der Waals surface area (Å²) in [5.41, 5.74) is 6.93. The van der Waals surface area contributed by atoms with Crippen LogP contribution in [0.3, 0.4) is 0 Å². The van der Waals surface area contributed by atoms with E-state index >= 15 is 0 Å². The van der Waals surface area contributed by atoms with Gasteiger partial charge in [0.1, 0.15) is 0 Å². The molecule has 1 rings (SSSR count). The standard InChI is InChI=1S/C14H23N3O/c1-14(2,3)12(15)13(18)17(4)10-7-11-5-8-16-9-6-11/h5-6,8-9,12H,7,10,15H2,1-4H3. The summed E-state index contributed by atoms with van der Waals surface area (Å²) in [7, 11) is 1.80. The zero-order chi connectivity index (χ0) is 13.8. The predicted octanol–water partition coefficient (Wildman–Crippen LogP) is 1.46. The van der Waals surface area contributed by atoms with Crippen molar-refractivity contribution in [2.75, 3.05) is 13.6 Å². The van der Waals surface area contributed by atoms with E-state index in [-0.39, 0.29) is 11.3 Å². The minimum Gasteiger partial charge on any atom is -0.344 e. The summed E-state index contributed by atoms with van der Waals surface area (Å²) in [6.45, 7) is 6.61. The molecule has 18 heavy (non-hydrogen) atoms. The van der Waals surface area contributed by atoms with Crippen molar-refractivity contribution < 1.29 is 4.79 Å². The second-order valence-corrected chi connectivity index (χ2v) is 5.71. The Morgan fingerprint density at radius 1 is 1.39 bits per heavy atom. The summed E-state index contributed by atoms with van der Waals surface area (Å²) in [6.07, 6.45) is 4.34. The molecule has 0 aromatic carbocycles. The fraction of sp³-hybridized carbons (Fsp3) is 0.571. The minimum atomic E-state index is -0.458. The van der Waals surface area contributed by atoms with E-state index in [1.807, 2.05) is 32.9 Å². The number of rotatable bonds is 4. The first kappa shape index (κ1) is 14.6. The highest BCUT2D eigenvalue weighted by atomic mass is 16.2. The zero-order valence-electron chi connectivity index (χ0n) is 11.7. The van der Waals surface area contributed by atoms with Gasteiger partial charge in [-0.1, -0.05) is 20.8 Å². The third-order valence-corrected chi connectivity index (χ3v) is 3.06. The van der Waals surface area contributed by atoms with Crippen LogP contribution in [0.15, 0.2) is 24.5 Å². The number of carbonyl (C=O) groups excluding carboxylic acids is 1. The van der Waals surface area contributed by atoms with Crippen LogP contribution in [0.2, 0.25) is 0 Å². The number of hydrogen-bond acceptors (Lipinski definition) is 3. The van der Waals surface area contributed by atoms with Crippen molar-refractivity contribution in [3.63, 3.8) is 0 Å². The molecular weight excluding hydrogens is 226 g/mol. The summed E-state index contributed by atoms with van der Waals surface area (Å²) < 4.78 is 0. The Balaban J connectivity index is 2.51. The number of hydrogen-bond donors (Lipinski definition) is 1. The fourth-order valence-electron chi connectivity index (χ4n) is 1.56. The Labute approximate surface area is 109 Å². The molecule has 4 heteroatoms. The van der Waals surface area contributed by atoms with E-state index in [9.17, 15) is 4.79 Å². The van der Waals surface area contributed by atoms with Crippen LogP contribution in [0.25, 0.3) is 0 Å². The van der Waals surface area contributed by atoms with Gasteiger partial charge in [-0.15, -0.1) is 0 Å². The molecule has 1 amide bonds. The van der Waals surface area contributed by atoms with Gasteiger partial charge in [0, 0.05) is 26.0 Å². The van der Waals surface area contributed by atoms with Crippen LogP contribution >= 0.6 is 0 Å². The van der Waals surface area contributed by atoms with Crippen LogP contribution in [-0.2, 0) is 11.2 Å². The highest BCUT2D eigenvalue weighted by molar-refractivity contribution is 5.82. The minimum absolute atomic E-state index is 0.00319. The van der Waals surface area contributed by atoms with Crippen LogP contribution in [-0.4, -0.2) is 35.4 Å². The van der Waals surface area contributed by atoms with Gasteiger partial charge < -0.3 is 10.6 Å². The normalized spacial score (nSPS) is 13.2. The lowest BCUT2D eigenvalue weighted by Gasteiger charge is -2.30. The Hall–Kier alpha value is -1.42. The molecular formula is C14H23N3O. The number of amides is 1. The molecule has 0 aliphatic heterocycles. The van der Waals surface area contributed by atoms with E-state index in [2.05, 4.69) is 4.98 Å². The van der Waals surface area contributed by atoms with Gasteiger partial charge in [-0.3, -0.25) is 9.78 Å². The first-order chi connectivity index (χ1) is 8.32. The van der Waals surface area contributed by atoms with E-state index < -0.39 is 6.04 Å². The van der Waals surface area contributed by atoms with Crippen molar-refractivity contribution in [1.82, 2.24) is 9.88 Å². The van der Waals surface area contributed by atoms with Crippen molar-refractivity contribution in [1.29, 1.82) is 0 Å². The van der Waals surface area contributed by atoms with Crippen molar-refractivity contribution in [3.8, 4) is 0 Å². The first-order valence-electron chi connectivity index (χ1n) is 6.22. The van der Waals surface area contributed by atoms with Crippen molar-refractivity contribution >= 4 is 5.91 Å².